The Kier molecular flexibility index (Phi) is 7.84. The lowest BCUT2D eigenvalue weighted by Gasteiger charge is -2.31. The molecule has 31 heavy (non-hydrogen) atoms. The number of carbonyl (C=O) groups excluding carboxylic acids is 2. The van der Waals surface area contributed by atoms with Crippen molar-refractivity contribution in [2.24, 2.45) is 0 Å². The number of nitrogens with zero attached hydrogens (tertiary/aromatic N) is 2. The van der Waals surface area contributed by atoms with E-state index in [9.17, 15) is 18.0 Å². The van der Waals surface area contributed by atoms with E-state index in [1.807, 2.05) is 57.2 Å². The van der Waals surface area contributed by atoms with Gasteiger partial charge in [0.1, 0.15) is 12.6 Å². The van der Waals surface area contributed by atoms with Gasteiger partial charge in [0.2, 0.25) is 21.8 Å². The predicted octanol–water partition coefficient (Wildman–Crippen LogP) is 2.54. The van der Waals surface area contributed by atoms with Crippen molar-refractivity contribution in [1.29, 1.82) is 0 Å². The molecule has 8 heteroatoms. The van der Waals surface area contributed by atoms with Gasteiger partial charge in [-0.2, -0.15) is 0 Å². The highest BCUT2D eigenvalue weighted by Crippen LogP contribution is 2.24. The summed E-state index contributed by atoms with van der Waals surface area (Å²) < 4.78 is 26.2. The molecule has 1 N–H and O–H groups in total. The Morgan fingerprint density at radius 2 is 1.58 bits per heavy atom. The first-order valence-corrected chi connectivity index (χ1v) is 11.9. The van der Waals surface area contributed by atoms with Gasteiger partial charge in [-0.1, -0.05) is 47.5 Å². The third-order valence-electron chi connectivity index (χ3n) is 5.19. The zero-order chi connectivity index (χ0) is 23.3. The molecule has 1 atom stereocenters. The lowest BCUT2D eigenvalue weighted by Crippen LogP contribution is -2.50. The lowest BCUT2D eigenvalue weighted by molar-refractivity contribution is -0.139. The predicted molar refractivity (Wildman–Crippen MR) is 123 cm³/mol. The second kappa shape index (κ2) is 9.96. The number of carbonyl (C=O) groups is 2. The standard InChI is InChI=1S/C23H31N3O4S/c1-16-7-10-20(11-8-16)14-25(19(4)23(28)24-5)22(27)15-26(31(6,29)30)21-12-9-17(2)13-18(21)3/h7-13,19H,14-15H2,1-6H3,(H,24,28). The van der Waals surface area contributed by atoms with E-state index in [0.717, 1.165) is 32.8 Å². The molecule has 0 aromatic heterocycles. The molecule has 0 saturated carbocycles. The summed E-state index contributed by atoms with van der Waals surface area (Å²) >= 11 is 0. The SMILES string of the molecule is CNC(=O)C(C)N(Cc1ccc(C)cc1)C(=O)CN(c1ccc(C)cc1C)S(C)(=O)=O. The van der Waals surface area contributed by atoms with Gasteiger partial charge in [0.05, 0.1) is 11.9 Å². The van der Waals surface area contributed by atoms with Crippen molar-refractivity contribution in [3.8, 4) is 0 Å². The van der Waals surface area contributed by atoms with Crippen molar-refractivity contribution in [1.82, 2.24) is 10.2 Å². The summed E-state index contributed by atoms with van der Waals surface area (Å²) in [6.07, 6.45) is 1.08. The molecular formula is C23H31N3O4S. The minimum Gasteiger partial charge on any atom is -0.357 e. The van der Waals surface area contributed by atoms with Crippen LogP contribution < -0.4 is 9.62 Å². The second-order valence-electron chi connectivity index (χ2n) is 7.86. The number of sulfonamides is 1. The van der Waals surface area contributed by atoms with Gasteiger partial charge in [-0.3, -0.25) is 13.9 Å². The topological polar surface area (TPSA) is 86.8 Å². The Morgan fingerprint density at radius 3 is 2.10 bits per heavy atom. The van der Waals surface area contributed by atoms with Crippen molar-refractivity contribution in [2.75, 3.05) is 24.2 Å². The molecule has 168 valence electrons. The van der Waals surface area contributed by atoms with Gasteiger partial charge in [-0.05, 0) is 44.9 Å². The Balaban J connectivity index is 2.40. The van der Waals surface area contributed by atoms with Crippen LogP contribution in [0.5, 0.6) is 0 Å². The number of benzene rings is 2. The van der Waals surface area contributed by atoms with Gasteiger partial charge in [0.25, 0.3) is 0 Å². The average Bonchev–Trinajstić information content (AvgIpc) is 2.70. The molecule has 0 fully saturated rings. The fraction of sp³-hybridized carbons (Fsp3) is 0.391. The van der Waals surface area contributed by atoms with Crippen LogP contribution in [0.3, 0.4) is 0 Å². The zero-order valence-electron chi connectivity index (χ0n) is 19.0. The van der Waals surface area contributed by atoms with Crippen LogP contribution >= 0.6 is 0 Å². The van der Waals surface area contributed by atoms with Gasteiger partial charge in [0.15, 0.2) is 0 Å². The first-order valence-electron chi connectivity index (χ1n) is 10.1. The maximum atomic E-state index is 13.3. The van der Waals surface area contributed by atoms with Crippen LogP contribution in [0.25, 0.3) is 0 Å². The number of hydrogen-bond donors (Lipinski definition) is 1. The summed E-state index contributed by atoms with van der Waals surface area (Å²) in [5.74, 6) is -0.778. The minimum atomic E-state index is -3.73. The average molecular weight is 446 g/mol. The van der Waals surface area contributed by atoms with Crippen molar-refractivity contribution < 1.29 is 18.0 Å². The van der Waals surface area contributed by atoms with Crippen LogP contribution in [0.15, 0.2) is 42.5 Å². The van der Waals surface area contributed by atoms with Gasteiger partial charge in [0, 0.05) is 13.6 Å². The number of rotatable bonds is 8. The molecule has 0 radical (unpaired) electrons. The van der Waals surface area contributed by atoms with E-state index >= 15 is 0 Å². The highest BCUT2D eigenvalue weighted by atomic mass is 32.2. The van der Waals surface area contributed by atoms with Gasteiger partial charge in [-0.15, -0.1) is 0 Å². The van der Waals surface area contributed by atoms with Crippen molar-refractivity contribution in [3.63, 3.8) is 0 Å². The van der Waals surface area contributed by atoms with Crippen LogP contribution in [0.2, 0.25) is 0 Å². The molecule has 2 rings (SSSR count). The molecular weight excluding hydrogens is 414 g/mol. The van der Waals surface area contributed by atoms with E-state index in [1.54, 1.807) is 13.0 Å². The molecule has 7 nitrogen and oxygen atoms in total. The molecule has 0 saturated heterocycles. The van der Waals surface area contributed by atoms with E-state index in [2.05, 4.69) is 5.32 Å². The third kappa shape index (κ3) is 6.30. The van der Waals surface area contributed by atoms with Crippen LogP contribution in [0, 0.1) is 20.8 Å². The highest BCUT2D eigenvalue weighted by Gasteiger charge is 2.30. The van der Waals surface area contributed by atoms with Crippen molar-refractivity contribution >= 4 is 27.5 Å². The molecule has 0 heterocycles. The number of amides is 2. The summed E-state index contributed by atoms with van der Waals surface area (Å²) in [5.41, 5.74) is 4.13. The molecule has 2 aromatic rings. The number of hydrogen-bond acceptors (Lipinski definition) is 4. The largest absolute Gasteiger partial charge is 0.357 e. The maximum Gasteiger partial charge on any atom is 0.244 e. The summed E-state index contributed by atoms with van der Waals surface area (Å²) in [5, 5.41) is 2.56. The van der Waals surface area contributed by atoms with Gasteiger partial charge < -0.3 is 10.2 Å². The first-order chi connectivity index (χ1) is 14.4. The van der Waals surface area contributed by atoms with E-state index in [1.165, 1.54) is 11.9 Å². The number of aryl methyl sites for hydroxylation is 3. The summed E-state index contributed by atoms with van der Waals surface area (Å²) in [6.45, 7) is 7.12. The molecule has 2 amide bonds. The summed E-state index contributed by atoms with van der Waals surface area (Å²) in [7, 11) is -2.22. The van der Waals surface area contributed by atoms with Gasteiger partial charge >= 0.3 is 0 Å². The Bertz CT molecular complexity index is 1050. The molecule has 0 spiro atoms. The Labute approximate surface area is 185 Å². The number of nitrogens with one attached hydrogen (secondary N) is 1. The highest BCUT2D eigenvalue weighted by molar-refractivity contribution is 7.92. The lowest BCUT2D eigenvalue weighted by atomic mass is 10.1. The van der Waals surface area contributed by atoms with Gasteiger partial charge in [-0.25, -0.2) is 8.42 Å². The van der Waals surface area contributed by atoms with Crippen LogP contribution in [-0.4, -0.2) is 51.0 Å². The quantitative estimate of drug-likeness (QED) is 0.677. The summed E-state index contributed by atoms with van der Waals surface area (Å²) in [6, 6.07) is 12.3. The van der Waals surface area contributed by atoms with Crippen molar-refractivity contribution in [3.05, 3.63) is 64.7 Å². The molecule has 0 aliphatic carbocycles. The monoisotopic (exact) mass is 445 g/mol. The Morgan fingerprint density at radius 1 is 1.00 bits per heavy atom. The molecule has 0 bridgehead atoms. The Hall–Kier alpha value is -2.87. The van der Waals surface area contributed by atoms with Crippen LogP contribution in [0.4, 0.5) is 5.69 Å². The number of likely N-dealkylation sites (N-methyl/N-ethyl adjacent to an activating group) is 1. The molecule has 2 aromatic carbocycles. The minimum absolute atomic E-state index is 0.193. The fourth-order valence-electron chi connectivity index (χ4n) is 3.36. The molecule has 0 aliphatic rings. The first kappa shape index (κ1) is 24.4. The van der Waals surface area contributed by atoms with E-state index in [-0.39, 0.29) is 12.5 Å². The van der Waals surface area contributed by atoms with E-state index < -0.39 is 28.5 Å². The summed E-state index contributed by atoms with van der Waals surface area (Å²) in [4.78, 5) is 27.0. The van der Waals surface area contributed by atoms with E-state index in [4.69, 9.17) is 0 Å². The maximum absolute atomic E-state index is 13.3. The number of anilines is 1. The fourth-order valence-corrected chi connectivity index (χ4v) is 4.27. The zero-order valence-corrected chi connectivity index (χ0v) is 19.8. The van der Waals surface area contributed by atoms with Crippen LogP contribution in [-0.2, 0) is 26.2 Å². The molecule has 1 unspecified atom stereocenters. The van der Waals surface area contributed by atoms with Crippen molar-refractivity contribution in [2.45, 2.75) is 40.3 Å². The third-order valence-corrected chi connectivity index (χ3v) is 6.31. The smallest absolute Gasteiger partial charge is 0.244 e. The normalized spacial score (nSPS) is 12.2. The second-order valence-corrected chi connectivity index (χ2v) is 9.76. The van der Waals surface area contributed by atoms with E-state index in [0.29, 0.717) is 5.69 Å². The van der Waals surface area contributed by atoms with Crippen LogP contribution in [0.1, 0.15) is 29.2 Å². The molecule has 0 aliphatic heterocycles.